The molecule has 6 heteroatoms. The molecule has 0 aliphatic rings. The fourth-order valence-corrected chi connectivity index (χ4v) is 2.26. The number of nitrogens with two attached hydrogens (primary N) is 1. The number of amides is 1. The summed E-state index contributed by atoms with van der Waals surface area (Å²) in [7, 11) is 0. The fourth-order valence-electron chi connectivity index (χ4n) is 2.26. The van der Waals surface area contributed by atoms with Crippen LogP contribution in [0.25, 0.3) is 10.8 Å². The molecule has 0 radical (unpaired) electrons. The van der Waals surface area contributed by atoms with E-state index in [0.717, 1.165) is 16.5 Å². The number of rotatable bonds is 3. The predicted molar refractivity (Wildman–Crippen MR) is 82.5 cm³/mol. The molecule has 0 spiro atoms. The van der Waals surface area contributed by atoms with Crippen LogP contribution >= 0.6 is 0 Å². The number of benzene rings is 2. The second-order valence-electron chi connectivity index (χ2n) is 4.86. The van der Waals surface area contributed by atoms with E-state index in [2.05, 4.69) is 15.5 Å². The average molecular weight is 296 g/mol. The summed E-state index contributed by atoms with van der Waals surface area (Å²) in [4.78, 5) is 11.2. The van der Waals surface area contributed by atoms with Gasteiger partial charge in [-0.3, -0.25) is 4.79 Å². The minimum atomic E-state index is -0.819. The molecule has 3 aromatic rings. The molecule has 22 heavy (non-hydrogen) atoms. The van der Waals surface area contributed by atoms with Crippen molar-refractivity contribution < 1.29 is 9.18 Å². The first-order chi connectivity index (χ1) is 10.6. The van der Waals surface area contributed by atoms with Gasteiger partial charge in [-0.05, 0) is 25.1 Å². The largest absolute Gasteiger partial charge is 0.366 e. The summed E-state index contributed by atoms with van der Waals surface area (Å²) in [6.07, 6.45) is 0. The van der Waals surface area contributed by atoms with Gasteiger partial charge in [0.1, 0.15) is 5.82 Å². The first-order valence-corrected chi connectivity index (χ1v) is 6.64. The van der Waals surface area contributed by atoms with E-state index >= 15 is 0 Å². The molecule has 0 aliphatic carbocycles. The third-order valence-corrected chi connectivity index (χ3v) is 3.37. The molecule has 0 saturated carbocycles. The van der Waals surface area contributed by atoms with Crippen LogP contribution in [0.3, 0.4) is 0 Å². The Labute approximate surface area is 126 Å². The van der Waals surface area contributed by atoms with Gasteiger partial charge in [-0.15, -0.1) is 5.10 Å². The number of fused-ring (bicyclic) bond motifs is 1. The van der Waals surface area contributed by atoms with Gasteiger partial charge in [0.2, 0.25) is 0 Å². The van der Waals surface area contributed by atoms with E-state index in [-0.39, 0.29) is 5.56 Å². The van der Waals surface area contributed by atoms with Crippen molar-refractivity contribution in [1.29, 1.82) is 0 Å². The standard InChI is InChI=1S/C16H13FN4O/c1-9-11-4-2-3-5-12(11)16(21-20-9)19-10-6-7-14(17)13(8-10)15(18)22/h2-8H,1H3,(H2,18,22)(H,19,21). The maximum absolute atomic E-state index is 13.5. The number of halogens is 1. The number of aryl methyl sites for hydroxylation is 1. The van der Waals surface area contributed by atoms with Crippen LogP contribution in [-0.2, 0) is 0 Å². The Balaban J connectivity index is 2.06. The minimum Gasteiger partial charge on any atom is -0.366 e. The number of hydrogen-bond donors (Lipinski definition) is 2. The van der Waals surface area contributed by atoms with Gasteiger partial charge in [-0.1, -0.05) is 24.3 Å². The zero-order valence-corrected chi connectivity index (χ0v) is 11.8. The van der Waals surface area contributed by atoms with Crippen molar-refractivity contribution in [2.24, 2.45) is 5.73 Å². The van der Waals surface area contributed by atoms with E-state index in [1.165, 1.54) is 18.2 Å². The number of carbonyl (C=O) groups is 1. The van der Waals surface area contributed by atoms with E-state index in [4.69, 9.17) is 5.73 Å². The number of hydrogen-bond acceptors (Lipinski definition) is 4. The minimum absolute atomic E-state index is 0.172. The number of nitrogens with zero attached hydrogens (tertiary/aromatic N) is 2. The summed E-state index contributed by atoms with van der Waals surface area (Å²) in [5.74, 6) is -0.942. The van der Waals surface area contributed by atoms with Crippen molar-refractivity contribution in [3.05, 3.63) is 59.5 Å². The Morgan fingerprint density at radius 1 is 1.14 bits per heavy atom. The molecule has 0 bridgehead atoms. The van der Waals surface area contributed by atoms with Crippen LogP contribution in [0, 0.1) is 12.7 Å². The lowest BCUT2D eigenvalue weighted by atomic mass is 10.1. The van der Waals surface area contributed by atoms with Gasteiger partial charge in [0.15, 0.2) is 5.82 Å². The van der Waals surface area contributed by atoms with Gasteiger partial charge in [0.05, 0.1) is 11.3 Å². The number of anilines is 2. The van der Waals surface area contributed by atoms with Crippen LogP contribution < -0.4 is 11.1 Å². The Hall–Kier alpha value is -3.02. The smallest absolute Gasteiger partial charge is 0.251 e. The fraction of sp³-hybridized carbons (Fsp3) is 0.0625. The maximum atomic E-state index is 13.5. The van der Waals surface area contributed by atoms with Gasteiger partial charge >= 0.3 is 0 Å². The lowest BCUT2D eigenvalue weighted by molar-refractivity contribution is 0.0996. The second kappa shape index (κ2) is 5.40. The van der Waals surface area contributed by atoms with Crippen molar-refractivity contribution in [2.45, 2.75) is 6.92 Å². The molecule has 1 heterocycles. The Morgan fingerprint density at radius 2 is 1.86 bits per heavy atom. The molecule has 0 fully saturated rings. The first kappa shape index (κ1) is 13.9. The maximum Gasteiger partial charge on any atom is 0.251 e. The van der Waals surface area contributed by atoms with Crippen LogP contribution in [0.15, 0.2) is 42.5 Å². The molecule has 0 aliphatic heterocycles. The van der Waals surface area contributed by atoms with Crippen LogP contribution in [-0.4, -0.2) is 16.1 Å². The van der Waals surface area contributed by atoms with Gasteiger partial charge in [-0.25, -0.2) is 4.39 Å². The van der Waals surface area contributed by atoms with Crippen molar-refractivity contribution >= 4 is 28.2 Å². The SMILES string of the molecule is Cc1nnc(Nc2ccc(F)c(C(N)=O)c2)c2ccccc12. The molecule has 0 saturated heterocycles. The molecule has 0 atom stereocenters. The van der Waals surface area contributed by atoms with Crippen molar-refractivity contribution in [2.75, 3.05) is 5.32 Å². The van der Waals surface area contributed by atoms with Crippen LogP contribution in [0.4, 0.5) is 15.9 Å². The third kappa shape index (κ3) is 2.46. The van der Waals surface area contributed by atoms with Crippen molar-refractivity contribution in [3.8, 4) is 0 Å². The van der Waals surface area contributed by atoms with E-state index in [0.29, 0.717) is 11.5 Å². The van der Waals surface area contributed by atoms with E-state index in [1.807, 2.05) is 31.2 Å². The summed E-state index contributed by atoms with van der Waals surface area (Å²) in [5.41, 5.74) is 6.31. The highest BCUT2D eigenvalue weighted by molar-refractivity contribution is 5.96. The monoisotopic (exact) mass is 296 g/mol. The number of primary amides is 1. The number of nitrogens with one attached hydrogen (secondary N) is 1. The third-order valence-electron chi connectivity index (χ3n) is 3.37. The molecule has 1 amide bonds. The molecule has 110 valence electrons. The Bertz CT molecular complexity index is 879. The van der Waals surface area contributed by atoms with Crippen molar-refractivity contribution in [3.63, 3.8) is 0 Å². The van der Waals surface area contributed by atoms with E-state index in [9.17, 15) is 9.18 Å². The van der Waals surface area contributed by atoms with E-state index < -0.39 is 11.7 Å². The zero-order chi connectivity index (χ0) is 15.7. The highest BCUT2D eigenvalue weighted by Crippen LogP contribution is 2.26. The lowest BCUT2D eigenvalue weighted by Gasteiger charge is -2.10. The van der Waals surface area contributed by atoms with Crippen molar-refractivity contribution in [1.82, 2.24) is 10.2 Å². The highest BCUT2D eigenvalue weighted by Gasteiger charge is 2.11. The van der Waals surface area contributed by atoms with Gasteiger partial charge in [0.25, 0.3) is 5.91 Å². The van der Waals surface area contributed by atoms with Gasteiger partial charge < -0.3 is 11.1 Å². The number of carbonyl (C=O) groups excluding carboxylic acids is 1. The van der Waals surface area contributed by atoms with Gasteiger partial charge in [-0.2, -0.15) is 5.10 Å². The molecule has 0 unspecified atom stereocenters. The predicted octanol–water partition coefficient (Wildman–Crippen LogP) is 2.92. The molecule has 3 N–H and O–H groups in total. The molecular formula is C16H13FN4O. The Morgan fingerprint density at radius 3 is 2.59 bits per heavy atom. The molecule has 3 rings (SSSR count). The molecule has 1 aromatic heterocycles. The van der Waals surface area contributed by atoms with Crippen LogP contribution in [0.5, 0.6) is 0 Å². The lowest BCUT2D eigenvalue weighted by Crippen LogP contribution is -2.13. The summed E-state index contributed by atoms with van der Waals surface area (Å²) in [6, 6.07) is 11.7. The second-order valence-corrected chi connectivity index (χ2v) is 4.86. The number of aromatic nitrogens is 2. The first-order valence-electron chi connectivity index (χ1n) is 6.64. The van der Waals surface area contributed by atoms with Crippen LogP contribution in [0.1, 0.15) is 16.1 Å². The van der Waals surface area contributed by atoms with Gasteiger partial charge in [0, 0.05) is 16.5 Å². The average Bonchev–Trinajstić information content (AvgIpc) is 2.52. The Kier molecular flexibility index (Phi) is 3.42. The summed E-state index contributed by atoms with van der Waals surface area (Å²) in [6.45, 7) is 1.88. The van der Waals surface area contributed by atoms with E-state index in [1.54, 1.807) is 0 Å². The summed E-state index contributed by atoms with van der Waals surface area (Å²) >= 11 is 0. The molecule has 5 nitrogen and oxygen atoms in total. The molecule has 2 aromatic carbocycles. The quantitative estimate of drug-likeness (QED) is 0.778. The normalized spacial score (nSPS) is 10.6. The molecular weight excluding hydrogens is 283 g/mol. The zero-order valence-electron chi connectivity index (χ0n) is 11.8. The van der Waals surface area contributed by atoms with Crippen LogP contribution in [0.2, 0.25) is 0 Å². The highest BCUT2D eigenvalue weighted by atomic mass is 19.1. The summed E-state index contributed by atoms with van der Waals surface area (Å²) in [5, 5.41) is 13.1. The topological polar surface area (TPSA) is 80.9 Å². The summed E-state index contributed by atoms with van der Waals surface area (Å²) < 4.78 is 13.5.